The third kappa shape index (κ3) is 3.54. The molecule has 0 aromatic rings. The van der Waals surface area contributed by atoms with Crippen LogP contribution >= 0.6 is 11.6 Å². The van der Waals surface area contributed by atoms with Crippen LogP contribution in [-0.4, -0.2) is 42.3 Å². The molecule has 0 spiro atoms. The maximum atomic E-state index is 11.5. The number of carbonyl (C=O) groups is 2. The Morgan fingerprint density at radius 3 is 3.10 bits per heavy atom. The van der Waals surface area contributed by atoms with Crippen molar-refractivity contribution in [2.24, 2.45) is 0 Å². The number of hydrogen-bond donors (Lipinski definition) is 1. The topological polar surface area (TPSA) is 58.6 Å². The summed E-state index contributed by atoms with van der Waals surface area (Å²) in [4.78, 5) is 24.8. The quantitative estimate of drug-likeness (QED) is 0.756. The molecule has 0 aromatic carbocycles. The Kier molecular flexibility index (Phi) is 5.06. The SMILES string of the molecule is CN1C2=C(CC(=O)C=C2)OC1CCNC(=O)CCCCl. The standard InChI is InChI=1S/C14H19ClN2O3/c1-17-11-5-4-10(18)9-12(11)20-14(17)6-8-16-13(19)3-2-7-15/h4-5,14H,2-3,6-9H2,1H3,(H,16,19). The van der Waals surface area contributed by atoms with Crippen LogP contribution < -0.4 is 5.32 Å². The molecule has 0 aromatic heterocycles. The fourth-order valence-corrected chi connectivity index (χ4v) is 2.42. The number of nitrogens with zero attached hydrogens (tertiary/aromatic N) is 1. The predicted molar refractivity (Wildman–Crippen MR) is 76.0 cm³/mol. The molecule has 0 bridgehead atoms. The number of alkyl halides is 1. The van der Waals surface area contributed by atoms with Crippen LogP contribution in [0.25, 0.3) is 0 Å². The molecular weight excluding hydrogens is 280 g/mol. The normalized spacial score (nSPS) is 21.0. The van der Waals surface area contributed by atoms with E-state index in [4.69, 9.17) is 16.3 Å². The molecule has 0 saturated carbocycles. The van der Waals surface area contributed by atoms with E-state index in [1.165, 1.54) is 0 Å². The minimum atomic E-state index is -0.121. The van der Waals surface area contributed by atoms with Gasteiger partial charge in [-0.2, -0.15) is 0 Å². The van der Waals surface area contributed by atoms with Crippen LogP contribution in [0.3, 0.4) is 0 Å². The van der Waals surface area contributed by atoms with Gasteiger partial charge in [-0.3, -0.25) is 9.59 Å². The van der Waals surface area contributed by atoms with Gasteiger partial charge >= 0.3 is 0 Å². The Morgan fingerprint density at radius 1 is 1.55 bits per heavy atom. The van der Waals surface area contributed by atoms with Gasteiger partial charge in [0.05, 0.1) is 12.1 Å². The van der Waals surface area contributed by atoms with Crippen molar-refractivity contribution in [1.82, 2.24) is 10.2 Å². The third-order valence-electron chi connectivity index (χ3n) is 3.39. The van der Waals surface area contributed by atoms with Gasteiger partial charge in [-0.25, -0.2) is 0 Å². The number of ether oxygens (including phenoxy) is 1. The van der Waals surface area contributed by atoms with Crippen LogP contribution in [0.4, 0.5) is 0 Å². The third-order valence-corrected chi connectivity index (χ3v) is 3.66. The van der Waals surface area contributed by atoms with Gasteiger partial charge in [0.2, 0.25) is 5.91 Å². The number of hydrogen-bond acceptors (Lipinski definition) is 4. The lowest BCUT2D eigenvalue weighted by atomic mass is 10.1. The first-order valence-electron chi connectivity index (χ1n) is 6.78. The Labute approximate surface area is 123 Å². The fourth-order valence-electron chi connectivity index (χ4n) is 2.29. The molecule has 1 aliphatic heterocycles. The van der Waals surface area contributed by atoms with Crippen molar-refractivity contribution >= 4 is 23.3 Å². The summed E-state index contributed by atoms with van der Waals surface area (Å²) in [5.74, 6) is 1.31. The van der Waals surface area contributed by atoms with Gasteiger partial charge < -0.3 is 15.0 Å². The molecule has 0 saturated heterocycles. The molecule has 0 fully saturated rings. The smallest absolute Gasteiger partial charge is 0.220 e. The molecule has 2 rings (SSSR count). The highest BCUT2D eigenvalue weighted by molar-refractivity contribution is 6.17. The number of allylic oxidation sites excluding steroid dienone is 3. The van der Waals surface area contributed by atoms with E-state index in [1.807, 2.05) is 11.9 Å². The molecule has 0 radical (unpaired) electrons. The summed E-state index contributed by atoms with van der Waals surface area (Å²) in [6, 6.07) is 0. The minimum Gasteiger partial charge on any atom is -0.472 e. The Hall–Kier alpha value is -1.49. The van der Waals surface area contributed by atoms with Gasteiger partial charge in [0.1, 0.15) is 5.76 Å². The zero-order valence-corrected chi connectivity index (χ0v) is 12.3. The predicted octanol–water partition coefficient (Wildman–Crippen LogP) is 1.54. The number of nitrogens with one attached hydrogen (secondary N) is 1. The van der Waals surface area contributed by atoms with Crippen molar-refractivity contribution in [1.29, 1.82) is 0 Å². The van der Waals surface area contributed by atoms with E-state index < -0.39 is 0 Å². The summed E-state index contributed by atoms with van der Waals surface area (Å²) in [6.45, 7) is 0.550. The van der Waals surface area contributed by atoms with Crippen LogP contribution in [0, 0.1) is 0 Å². The van der Waals surface area contributed by atoms with Crippen molar-refractivity contribution in [3.63, 3.8) is 0 Å². The number of ketones is 1. The van der Waals surface area contributed by atoms with Crippen LogP contribution in [0.1, 0.15) is 25.7 Å². The number of likely N-dealkylation sites (N-methyl/N-ethyl adjacent to an activating group) is 1. The van der Waals surface area contributed by atoms with Crippen molar-refractivity contribution < 1.29 is 14.3 Å². The van der Waals surface area contributed by atoms with Crippen LogP contribution in [0.5, 0.6) is 0 Å². The van der Waals surface area contributed by atoms with Gasteiger partial charge in [0.25, 0.3) is 0 Å². The van der Waals surface area contributed by atoms with E-state index in [0.29, 0.717) is 38.1 Å². The van der Waals surface area contributed by atoms with Crippen LogP contribution in [0.15, 0.2) is 23.6 Å². The second-order valence-corrected chi connectivity index (χ2v) is 5.28. The first-order chi connectivity index (χ1) is 9.61. The number of carbonyl (C=O) groups excluding carboxylic acids is 2. The second-order valence-electron chi connectivity index (χ2n) is 4.90. The first-order valence-corrected chi connectivity index (χ1v) is 7.31. The summed E-state index contributed by atoms with van der Waals surface area (Å²) >= 11 is 5.54. The second kappa shape index (κ2) is 6.79. The lowest BCUT2D eigenvalue weighted by molar-refractivity contribution is -0.121. The van der Waals surface area contributed by atoms with Gasteiger partial charge in [-0.15, -0.1) is 11.6 Å². The summed E-state index contributed by atoms with van der Waals surface area (Å²) in [5, 5.41) is 2.85. The zero-order chi connectivity index (χ0) is 14.5. The van der Waals surface area contributed by atoms with Crippen molar-refractivity contribution in [3.8, 4) is 0 Å². The molecule has 20 heavy (non-hydrogen) atoms. The molecule has 1 N–H and O–H groups in total. The van der Waals surface area contributed by atoms with E-state index >= 15 is 0 Å². The number of rotatable bonds is 6. The summed E-state index contributed by atoms with van der Waals surface area (Å²) in [7, 11) is 1.93. The van der Waals surface area contributed by atoms with Crippen LogP contribution in [-0.2, 0) is 14.3 Å². The Morgan fingerprint density at radius 2 is 2.35 bits per heavy atom. The van der Waals surface area contributed by atoms with Crippen molar-refractivity contribution in [2.45, 2.75) is 31.9 Å². The molecule has 1 amide bonds. The Balaban J connectivity index is 1.75. The van der Waals surface area contributed by atoms with E-state index in [0.717, 1.165) is 11.5 Å². The van der Waals surface area contributed by atoms with Gasteiger partial charge in [0.15, 0.2) is 12.0 Å². The molecule has 5 nitrogen and oxygen atoms in total. The molecule has 1 atom stereocenters. The number of amides is 1. The maximum Gasteiger partial charge on any atom is 0.220 e. The van der Waals surface area contributed by atoms with Crippen LogP contribution in [0.2, 0.25) is 0 Å². The summed E-state index contributed by atoms with van der Waals surface area (Å²) < 4.78 is 5.77. The Bertz CT molecular complexity index is 459. The minimum absolute atomic E-state index is 0.0131. The highest BCUT2D eigenvalue weighted by Crippen LogP contribution is 2.31. The zero-order valence-electron chi connectivity index (χ0n) is 11.5. The average molecular weight is 299 g/mol. The average Bonchev–Trinajstić information content (AvgIpc) is 2.72. The van der Waals surface area contributed by atoms with E-state index in [2.05, 4.69) is 5.32 Å². The molecule has 110 valence electrons. The molecule has 2 aliphatic rings. The molecule has 1 heterocycles. The lowest BCUT2D eigenvalue weighted by Gasteiger charge is -2.22. The monoisotopic (exact) mass is 298 g/mol. The van der Waals surface area contributed by atoms with E-state index in [9.17, 15) is 9.59 Å². The molecule has 1 aliphatic carbocycles. The largest absolute Gasteiger partial charge is 0.472 e. The highest BCUT2D eigenvalue weighted by atomic mass is 35.5. The fraction of sp³-hybridized carbons (Fsp3) is 0.571. The molecule has 6 heteroatoms. The van der Waals surface area contributed by atoms with Crippen molar-refractivity contribution in [3.05, 3.63) is 23.6 Å². The summed E-state index contributed by atoms with van der Waals surface area (Å²) in [5.41, 5.74) is 0.961. The molecular formula is C14H19ClN2O3. The van der Waals surface area contributed by atoms with Gasteiger partial charge in [-0.05, 0) is 18.6 Å². The summed E-state index contributed by atoms with van der Waals surface area (Å²) in [6.07, 6.45) is 5.40. The van der Waals surface area contributed by atoms with Gasteiger partial charge in [0, 0.05) is 32.3 Å². The van der Waals surface area contributed by atoms with Gasteiger partial charge in [-0.1, -0.05) is 0 Å². The maximum absolute atomic E-state index is 11.5. The highest BCUT2D eigenvalue weighted by Gasteiger charge is 2.31. The molecule has 1 unspecified atom stereocenters. The number of halogens is 1. The van der Waals surface area contributed by atoms with E-state index in [1.54, 1.807) is 12.2 Å². The van der Waals surface area contributed by atoms with Crippen molar-refractivity contribution in [2.75, 3.05) is 19.5 Å². The van der Waals surface area contributed by atoms with E-state index in [-0.39, 0.29) is 17.9 Å². The first kappa shape index (κ1) is 14.9. The lowest BCUT2D eigenvalue weighted by Crippen LogP contribution is -2.32.